The summed E-state index contributed by atoms with van der Waals surface area (Å²) >= 11 is 5.17. The molecule has 0 saturated carbocycles. The summed E-state index contributed by atoms with van der Waals surface area (Å²) in [6.45, 7) is 3.71. The first kappa shape index (κ1) is 14.3. The second kappa shape index (κ2) is 6.26. The van der Waals surface area contributed by atoms with E-state index in [-0.39, 0.29) is 11.9 Å². The van der Waals surface area contributed by atoms with Crippen molar-refractivity contribution in [2.45, 2.75) is 20.0 Å². The lowest BCUT2D eigenvalue weighted by molar-refractivity contribution is 0.165. The molecule has 0 aliphatic heterocycles. The third kappa shape index (κ3) is 3.92. The molecule has 6 heteroatoms. The summed E-state index contributed by atoms with van der Waals surface area (Å²) in [5, 5.41) is -0.915. The van der Waals surface area contributed by atoms with Crippen LogP contribution in [0.1, 0.15) is 13.8 Å². The Morgan fingerprint density at radius 1 is 1.22 bits per heavy atom. The number of para-hydroxylation sites is 2. The lowest BCUT2D eigenvalue weighted by atomic mass is 10.3. The number of nitrogens with zero attached hydrogens (tertiary/aromatic N) is 1. The van der Waals surface area contributed by atoms with E-state index in [0.29, 0.717) is 10.6 Å². The van der Waals surface area contributed by atoms with Crippen LogP contribution in [0.5, 0.6) is 11.5 Å². The summed E-state index contributed by atoms with van der Waals surface area (Å²) < 4.78 is 10.5. The summed E-state index contributed by atoms with van der Waals surface area (Å²) in [5.41, 5.74) is 0. The van der Waals surface area contributed by atoms with Gasteiger partial charge in [0.05, 0.1) is 6.10 Å². The predicted molar refractivity (Wildman–Crippen MR) is 67.2 cm³/mol. The van der Waals surface area contributed by atoms with E-state index in [9.17, 15) is 9.59 Å². The molecule has 5 nitrogen and oxygen atoms in total. The Morgan fingerprint density at radius 3 is 2.28 bits per heavy atom. The summed E-state index contributed by atoms with van der Waals surface area (Å²) in [5.74, 6) is 0.664. The smallest absolute Gasteiger partial charge is 0.422 e. The largest absolute Gasteiger partial charge is 0.487 e. The van der Waals surface area contributed by atoms with Crippen LogP contribution in [0.3, 0.4) is 0 Å². The maximum Gasteiger partial charge on any atom is 0.422 e. The normalized spacial score (nSPS) is 10.1. The standard InChI is InChI=1S/C12H14ClNO4/c1-8(2)17-9-6-4-5-7-10(9)18-12(16)14(3)11(13)15/h4-8H,1-3H3. The first-order valence-electron chi connectivity index (χ1n) is 5.32. The predicted octanol–water partition coefficient (Wildman–Crippen LogP) is 3.26. The van der Waals surface area contributed by atoms with Crippen molar-refractivity contribution in [1.82, 2.24) is 4.90 Å². The highest BCUT2D eigenvalue weighted by molar-refractivity contribution is 6.63. The second-order valence-electron chi connectivity index (χ2n) is 3.79. The maximum atomic E-state index is 11.5. The van der Waals surface area contributed by atoms with Crippen molar-refractivity contribution >= 4 is 23.1 Å². The highest BCUT2D eigenvalue weighted by Gasteiger charge is 2.18. The molecule has 0 radical (unpaired) electrons. The van der Waals surface area contributed by atoms with Gasteiger partial charge in [-0.25, -0.2) is 9.69 Å². The summed E-state index contributed by atoms with van der Waals surface area (Å²) in [6, 6.07) is 6.69. The average molecular weight is 272 g/mol. The molecule has 0 unspecified atom stereocenters. The van der Waals surface area contributed by atoms with Gasteiger partial charge in [-0.05, 0) is 37.6 Å². The zero-order chi connectivity index (χ0) is 13.7. The van der Waals surface area contributed by atoms with Gasteiger partial charge in [-0.15, -0.1) is 0 Å². The number of hydrogen-bond donors (Lipinski definition) is 0. The molecule has 0 aliphatic rings. The molecule has 0 saturated heterocycles. The molecule has 0 spiro atoms. The molecule has 0 atom stereocenters. The molecule has 0 fully saturated rings. The first-order valence-corrected chi connectivity index (χ1v) is 5.70. The Morgan fingerprint density at radius 2 is 1.78 bits per heavy atom. The highest BCUT2D eigenvalue weighted by atomic mass is 35.5. The summed E-state index contributed by atoms with van der Waals surface area (Å²) in [6.07, 6.45) is -0.924. The van der Waals surface area contributed by atoms with E-state index in [4.69, 9.17) is 21.1 Å². The van der Waals surface area contributed by atoms with Gasteiger partial charge >= 0.3 is 11.5 Å². The van der Waals surface area contributed by atoms with Crippen LogP contribution in [0.15, 0.2) is 24.3 Å². The number of carbonyl (C=O) groups excluding carboxylic acids is 2. The fourth-order valence-electron chi connectivity index (χ4n) is 1.12. The van der Waals surface area contributed by atoms with E-state index < -0.39 is 11.5 Å². The summed E-state index contributed by atoms with van der Waals surface area (Å²) in [4.78, 5) is 23.0. The van der Waals surface area contributed by atoms with Gasteiger partial charge in [0.1, 0.15) is 0 Å². The molecule has 1 aromatic rings. The Bertz CT molecular complexity index is 447. The Kier molecular flexibility index (Phi) is 4.97. The van der Waals surface area contributed by atoms with Crippen LogP contribution in [0.2, 0.25) is 0 Å². The summed E-state index contributed by atoms with van der Waals surface area (Å²) in [7, 11) is 1.23. The zero-order valence-corrected chi connectivity index (χ0v) is 11.1. The van der Waals surface area contributed by atoms with Crippen LogP contribution in [0, 0.1) is 0 Å². The number of halogens is 1. The van der Waals surface area contributed by atoms with Crippen LogP contribution in [-0.2, 0) is 0 Å². The van der Waals surface area contributed by atoms with Crippen LogP contribution < -0.4 is 9.47 Å². The fourth-order valence-corrected chi connectivity index (χ4v) is 1.19. The van der Waals surface area contributed by atoms with Crippen molar-refractivity contribution in [1.29, 1.82) is 0 Å². The Hall–Kier alpha value is -1.75. The number of carbonyl (C=O) groups is 2. The van der Waals surface area contributed by atoms with Crippen LogP contribution in [-0.4, -0.2) is 29.5 Å². The number of amides is 2. The van der Waals surface area contributed by atoms with Gasteiger partial charge in [0.2, 0.25) is 0 Å². The van der Waals surface area contributed by atoms with Crippen molar-refractivity contribution in [2.24, 2.45) is 0 Å². The van der Waals surface area contributed by atoms with E-state index >= 15 is 0 Å². The molecule has 1 aromatic carbocycles. The minimum atomic E-state index is -0.915. The van der Waals surface area contributed by atoms with Crippen molar-refractivity contribution in [2.75, 3.05) is 7.05 Å². The molecule has 0 bridgehead atoms. The van der Waals surface area contributed by atoms with E-state index in [1.54, 1.807) is 24.3 Å². The van der Waals surface area contributed by atoms with E-state index in [2.05, 4.69) is 0 Å². The Labute approximate surface area is 110 Å². The number of rotatable bonds is 3. The number of hydrogen-bond acceptors (Lipinski definition) is 4. The van der Waals surface area contributed by atoms with Crippen molar-refractivity contribution < 1.29 is 19.1 Å². The van der Waals surface area contributed by atoms with Crippen molar-refractivity contribution in [3.8, 4) is 11.5 Å². The number of imide groups is 1. The first-order chi connectivity index (χ1) is 8.41. The van der Waals surface area contributed by atoms with Crippen molar-refractivity contribution in [3.63, 3.8) is 0 Å². The minimum absolute atomic E-state index is 0.0581. The molecule has 0 aromatic heterocycles. The molecular weight excluding hydrogens is 258 g/mol. The van der Waals surface area contributed by atoms with E-state index in [0.717, 1.165) is 0 Å². The van der Waals surface area contributed by atoms with E-state index in [1.165, 1.54) is 7.05 Å². The van der Waals surface area contributed by atoms with Gasteiger partial charge in [0, 0.05) is 7.05 Å². The van der Waals surface area contributed by atoms with Gasteiger partial charge in [0.25, 0.3) is 0 Å². The lowest BCUT2D eigenvalue weighted by Gasteiger charge is -2.16. The van der Waals surface area contributed by atoms with Gasteiger partial charge in [-0.1, -0.05) is 12.1 Å². The third-order valence-corrected chi connectivity index (χ3v) is 2.20. The Balaban J connectivity index is 2.84. The maximum absolute atomic E-state index is 11.5. The number of benzene rings is 1. The lowest BCUT2D eigenvalue weighted by Crippen LogP contribution is -2.31. The van der Waals surface area contributed by atoms with Gasteiger partial charge in [-0.2, -0.15) is 0 Å². The molecule has 0 N–H and O–H groups in total. The van der Waals surface area contributed by atoms with Crippen LogP contribution >= 0.6 is 11.6 Å². The molecule has 0 heterocycles. The zero-order valence-electron chi connectivity index (χ0n) is 10.3. The van der Waals surface area contributed by atoms with Crippen molar-refractivity contribution in [3.05, 3.63) is 24.3 Å². The fraction of sp³-hybridized carbons (Fsp3) is 0.333. The van der Waals surface area contributed by atoms with Gasteiger partial charge < -0.3 is 9.47 Å². The topological polar surface area (TPSA) is 55.8 Å². The monoisotopic (exact) mass is 271 g/mol. The second-order valence-corrected chi connectivity index (χ2v) is 4.12. The third-order valence-electron chi connectivity index (χ3n) is 1.95. The van der Waals surface area contributed by atoms with Crippen LogP contribution in [0.25, 0.3) is 0 Å². The van der Waals surface area contributed by atoms with Gasteiger partial charge in [-0.3, -0.25) is 4.79 Å². The molecule has 2 amide bonds. The number of ether oxygens (including phenoxy) is 2. The van der Waals surface area contributed by atoms with Crippen LogP contribution in [0.4, 0.5) is 9.59 Å². The molecule has 98 valence electrons. The SMILES string of the molecule is CC(C)Oc1ccccc1OC(=O)N(C)C(=O)Cl. The van der Waals surface area contributed by atoms with Gasteiger partial charge in [0.15, 0.2) is 11.5 Å². The quantitative estimate of drug-likeness (QED) is 0.625. The highest BCUT2D eigenvalue weighted by Crippen LogP contribution is 2.27. The molecule has 0 aliphatic carbocycles. The molecule has 18 heavy (non-hydrogen) atoms. The molecular formula is C12H14ClNO4. The van der Waals surface area contributed by atoms with E-state index in [1.807, 2.05) is 13.8 Å². The minimum Gasteiger partial charge on any atom is -0.487 e. The average Bonchev–Trinajstić information content (AvgIpc) is 2.29. The molecule has 1 rings (SSSR count).